The molecule has 0 aliphatic heterocycles. The maximum Gasteiger partial charge on any atom is 0.277 e. The van der Waals surface area contributed by atoms with E-state index in [0.29, 0.717) is 15.1 Å². The minimum absolute atomic E-state index is 0.000338. The van der Waals surface area contributed by atoms with E-state index in [-0.39, 0.29) is 28.5 Å². The highest BCUT2D eigenvalue weighted by Crippen LogP contribution is 2.28. The second kappa shape index (κ2) is 7.99. The van der Waals surface area contributed by atoms with Crippen LogP contribution in [0.3, 0.4) is 0 Å². The van der Waals surface area contributed by atoms with Gasteiger partial charge in [0.15, 0.2) is 0 Å². The number of nitrogens with one attached hydrogen (secondary N) is 1. The third-order valence-electron chi connectivity index (χ3n) is 3.04. The zero-order valence-corrected chi connectivity index (χ0v) is 15.7. The van der Waals surface area contributed by atoms with Crippen LogP contribution in [0.25, 0.3) is 11.5 Å². The fourth-order valence-electron chi connectivity index (χ4n) is 1.92. The third kappa shape index (κ3) is 4.59. The summed E-state index contributed by atoms with van der Waals surface area (Å²) in [5, 5.41) is 11.0. The molecule has 0 radical (unpaired) electrons. The van der Waals surface area contributed by atoms with Gasteiger partial charge in [-0.3, -0.25) is 4.79 Å². The summed E-state index contributed by atoms with van der Waals surface area (Å²) in [7, 11) is 0. The van der Waals surface area contributed by atoms with Crippen LogP contribution in [0.5, 0.6) is 0 Å². The molecule has 1 aromatic heterocycles. The normalized spacial score (nSPS) is 10.7. The Hall–Kier alpha value is -1.90. The Morgan fingerprint density at radius 1 is 1.28 bits per heavy atom. The Kier molecular flexibility index (Phi) is 5.72. The fourth-order valence-corrected chi connectivity index (χ4v) is 3.03. The average Bonchev–Trinajstić information content (AvgIpc) is 3.05. The number of halogens is 3. The summed E-state index contributed by atoms with van der Waals surface area (Å²) in [6, 6.07) is 11.5. The van der Waals surface area contributed by atoms with E-state index in [9.17, 15) is 9.18 Å². The van der Waals surface area contributed by atoms with Crippen LogP contribution in [0.2, 0.25) is 5.02 Å². The summed E-state index contributed by atoms with van der Waals surface area (Å²) in [5.74, 6) is -0.637. The highest BCUT2D eigenvalue weighted by Gasteiger charge is 2.14. The predicted molar refractivity (Wildman–Crippen MR) is 98.2 cm³/mol. The van der Waals surface area contributed by atoms with E-state index in [0.717, 1.165) is 11.8 Å². The molecule has 5 nitrogen and oxygen atoms in total. The maximum absolute atomic E-state index is 13.7. The molecule has 0 bridgehead atoms. The topological polar surface area (TPSA) is 68.0 Å². The van der Waals surface area contributed by atoms with Crippen molar-refractivity contribution < 1.29 is 13.6 Å². The first-order valence-electron chi connectivity index (χ1n) is 6.99. The van der Waals surface area contributed by atoms with Gasteiger partial charge in [-0.05, 0) is 30.3 Å². The van der Waals surface area contributed by atoms with Crippen molar-refractivity contribution in [2.75, 3.05) is 11.1 Å². The third-order valence-corrected chi connectivity index (χ3v) is 4.68. The zero-order chi connectivity index (χ0) is 17.8. The lowest BCUT2D eigenvalue weighted by atomic mass is 10.2. The van der Waals surface area contributed by atoms with Crippen LogP contribution >= 0.6 is 39.3 Å². The first-order valence-corrected chi connectivity index (χ1v) is 9.14. The molecule has 0 saturated carbocycles. The van der Waals surface area contributed by atoms with Gasteiger partial charge in [-0.25, -0.2) is 4.39 Å². The van der Waals surface area contributed by atoms with E-state index in [1.165, 1.54) is 12.1 Å². The SMILES string of the molecule is O=C(CSc1nnc(-c2ccccc2Cl)o1)Nc1ccc(Br)cc1F. The largest absolute Gasteiger partial charge is 0.411 e. The second-order valence-corrected chi connectivity index (χ2v) is 7.06. The number of aromatic nitrogens is 2. The zero-order valence-electron chi connectivity index (χ0n) is 12.5. The molecule has 0 unspecified atom stereocenters. The summed E-state index contributed by atoms with van der Waals surface area (Å²) >= 11 is 10.3. The molecule has 0 fully saturated rings. The molecule has 1 heterocycles. The monoisotopic (exact) mass is 441 g/mol. The molecule has 0 spiro atoms. The summed E-state index contributed by atoms with van der Waals surface area (Å²) in [5.41, 5.74) is 0.723. The number of amides is 1. The number of hydrogen-bond acceptors (Lipinski definition) is 5. The van der Waals surface area contributed by atoms with E-state index >= 15 is 0 Å². The Balaban J connectivity index is 1.60. The number of carbonyl (C=O) groups excluding carboxylic acids is 1. The number of benzene rings is 2. The molecular formula is C16H10BrClFN3O2S. The molecule has 2 aromatic carbocycles. The van der Waals surface area contributed by atoms with Crippen molar-refractivity contribution in [3.8, 4) is 11.5 Å². The first-order chi connectivity index (χ1) is 12.0. The van der Waals surface area contributed by atoms with Crippen LogP contribution < -0.4 is 5.32 Å². The van der Waals surface area contributed by atoms with Gasteiger partial charge >= 0.3 is 0 Å². The maximum atomic E-state index is 13.7. The Morgan fingerprint density at radius 2 is 2.08 bits per heavy atom. The van der Waals surface area contributed by atoms with Gasteiger partial charge in [0.2, 0.25) is 11.8 Å². The van der Waals surface area contributed by atoms with Crippen molar-refractivity contribution in [1.29, 1.82) is 0 Å². The van der Waals surface area contributed by atoms with Gasteiger partial charge in [-0.15, -0.1) is 10.2 Å². The Labute approximate surface area is 160 Å². The van der Waals surface area contributed by atoms with Crippen molar-refractivity contribution in [1.82, 2.24) is 10.2 Å². The number of rotatable bonds is 5. The lowest BCUT2D eigenvalue weighted by molar-refractivity contribution is -0.113. The fraction of sp³-hybridized carbons (Fsp3) is 0.0625. The minimum Gasteiger partial charge on any atom is -0.411 e. The van der Waals surface area contributed by atoms with Crippen molar-refractivity contribution in [2.24, 2.45) is 0 Å². The van der Waals surface area contributed by atoms with E-state index < -0.39 is 5.82 Å². The second-order valence-electron chi connectivity index (χ2n) is 4.81. The molecule has 25 heavy (non-hydrogen) atoms. The van der Waals surface area contributed by atoms with Crippen LogP contribution in [0.15, 0.2) is 56.6 Å². The van der Waals surface area contributed by atoms with Gasteiger partial charge < -0.3 is 9.73 Å². The van der Waals surface area contributed by atoms with Crippen molar-refractivity contribution in [2.45, 2.75) is 5.22 Å². The molecule has 9 heteroatoms. The quantitative estimate of drug-likeness (QED) is 0.562. The standard InChI is InChI=1S/C16H10BrClFN3O2S/c17-9-5-6-13(12(19)7-9)20-14(23)8-25-16-22-21-15(24-16)10-3-1-2-4-11(10)18/h1-7H,8H2,(H,20,23). The molecule has 0 aliphatic carbocycles. The van der Waals surface area contributed by atoms with Gasteiger partial charge in [-0.2, -0.15) is 0 Å². The average molecular weight is 443 g/mol. The van der Waals surface area contributed by atoms with Crippen LogP contribution in [0.4, 0.5) is 10.1 Å². The Bertz CT molecular complexity index is 922. The summed E-state index contributed by atoms with van der Waals surface area (Å²) in [4.78, 5) is 11.9. The van der Waals surface area contributed by atoms with E-state index in [1.807, 2.05) is 0 Å². The van der Waals surface area contributed by atoms with Gasteiger partial charge in [0.25, 0.3) is 5.22 Å². The molecule has 0 atom stereocenters. The van der Waals surface area contributed by atoms with Crippen LogP contribution in [-0.4, -0.2) is 21.9 Å². The number of anilines is 1. The highest BCUT2D eigenvalue weighted by atomic mass is 79.9. The molecular weight excluding hydrogens is 433 g/mol. The number of hydrogen-bond donors (Lipinski definition) is 1. The van der Waals surface area contributed by atoms with Gasteiger partial charge in [-0.1, -0.05) is 51.4 Å². The number of carbonyl (C=O) groups is 1. The summed E-state index contributed by atoms with van der Waals surface area (Å²) in [6.07, 6.45) is 0. The molecule has 1 amide bonds. The van der Waals surface area contributed by atoms with E-state index in [2.05, 4.69) is 31.4 Å². The molecule has 1 N–H and O–H groups in total. The molecule has 3 rings (SSSR count). The van der Waals surface area contributed by atoms with Crippen molar-refractivity contribution in [3.63, 3.8) is 0 Å². The number of thioether (sulfide) groups is 1. The smallest absolute Gasteiger partial charge is 0.277 e. The van der Waals surface area contributed by atoms with Crippen LogP contribution in [0, 0.1) is 5.82 Å². The lowest BCUT2D eigenvalue weighted by Crippen LogP contribution is -2.15. The molecule has 0 aliphatic rings. The van der Waals surface area contributed by atoms with E-state index in [4.69, 9.17) is 16.0 Å². The van der Waals surface area contributed by atoms with Crippen molar-refractivity contribution >= 4 is 50.9 Å². The molecule has 0 saturated heterocycles. The Morgan fingerprint density at radius 3 is 2.84 bits per heavy atom. The van der Waals surface area contributed by atoms with E-state index in [1.54, 1.807) is 30.3 Å². The lowest BCUT2D eigenvalue weighted by Gasteiger charge is -2.05. The van der Waals surface area contributed by atoms with Crippen LogP contribution in [-0.2, 0) is 4.79 Å². The van der Waals surface area contributed by atoms with Gasteiger partial charge in [0.05, 0.1) is 22.0 Å². The predicted octanol–water partition coefficient (Wildman–Crippen LogP) is 5.02. The molecule has 128 valence electrons. The van der Waals surface area contributed by atoms with Gasteiger partial charge in [0, 0.05) is 4.47 Å². The van der Waals surface area contributed by atoms with Crippen molar-refractivity contribution in [3.05, 3.63) is 57.8 Å². The summed E-state index contributed by atoms with van der Waals surface area (Å²) < 4.78 is 19.8. The first kappa shape index (κ1) is 17.9. The van der Waals surface area contributed by atoms with Crippen LogP contribution in [0.1, 0.15) is 0 Å². The highest BCUT2D eigenvalue weighted by molar-refractivity contribution is 9.10. The van der Waals surface area contributed by atoms with Gasteiger partial charge in [0.1, 0.15) is 5.82 Å². The number of nitrogens with zero attached hydrogens (tertiary/aromatic N) is 2. The molecule has 3 aromatic rings. The minimum atomic E-state index is -0.522. The summed E-state index contributed by atoms with van der Waals surface area (Å²) in [6.45, 7) is 0.